The first kappa shape index (κ1) is 26.9. The molecule has 34 heavy (non-hydrogen) atoms. The van der Waals surface area contributed by atoms with Crippen LogP contribution >= 0.6 is 12.4 Å². The zero-order valence-corrected chi connectivity index (χ0v) is 20.5. The molecule has 0 bridgehead atoms. The Kier molecular flexibility index (Phi) is 8.03. The fraction of sp³-hybridized carbons (Fsp3) is 0.556. The predicted molar refractivity (Wildman–Crippen MR) is 128 cm³/mol. The van der Waals surface area contributed by atoms with Gasteiger partial charge in [0.2, 0.25) is 5.67 Å². The van der Waals surface area contributed by atoms with E-state index < -0.39 is 11.8 Å². The van der Waals surface area contributed by atoms with E-state index >= 15 is 0 Å². The lowest BCUT2D eigenvalue weighted by Gasteiger charge is -2.44. The van der Waals surface area contributed by atoms with Crippen LogP contribution in [0.5, 0.6) is 0 Å². The van der Waals surface area contributed by atoms with Crippen LogP contribution in [0.4, 0.5) is 22.0 Å². The summed E-state index contributed by atoms with van der Waals surface area (Å²) in [7, 11) is 0. The summed E-state index contributed by atoms with van der Waals surface area (Å²) in [6, 6.07) is 10.9. The van der Waals surface area contributed by atoms with Crippen LogP contribution in [0.1, 0.15) is 68.2 Å². The van der Waals surface area contributed by atoms with Gasteiger partial charge in [-0.1, -0.05) is 62.9 Å². The van der Waals surface area contributed by atoms with Crippen LogP contribution in [0.15, 0.2) is 42.5 Å². The number of aryl methyl sites for hydroxylation is 1. The maximum absolute atomic E-state index is 14.6. The SMILES string of the molecule is C1CCC1.C[C@H]1CNC2CCc3cc(C(C)(F)C(F)(F)F)ccc3C21Cc1ccc(F)cc1.Cl. The van der Waals surface area contributed by atoms with Crippen molar-refractivity contribution in [3.05, 3.63) is 70.5 Å². The topological polar surface area (TPSA) is 12.0 Å². The Bertz CT molecular complexity index is 964. The van der Waals surface area contributed by atoms with Gasteiger partial charge in [-0.15, -0.1) is 12.4 Å². The molecule has 2 aromatic carbocycles. The number of rotatable bonds is 3. The van der Waals surface area contributed by atoms with Crippen molar-refractivity contribution in [1.29, 1.82) is 0 Å². The molecule has 3 unspecified atom stereocenters. The molecule has 1 saturated heterocycles. The molecule has 1 heterocycles. The Hall–Kier alpha value is -1.66. The number of hydrogen-bond acceptors (Lipinski definition) is 1. The van der Waals surface area contributed by atoms with Gasteiger partial charge < -0.3 is 5.32 Å². The van der Waals surface area contributed by atoms with Crippen molar-refractivity contribution in [3.8, 4) is 0 Å². The molecule has 1 saturated carbocycles. The van der Waals surface area contributed by atoms with Gasteiger partial charge in [-0.2, -0.15) is 13.2 Å². The molecule has 2 aromatic rings. The smallest absolute Gasteiger partial charge is 0.313 e. The van der Waals surface area contributed by atoms with E-state index in [1.165, 1.54) is 49.9 Å². The summed E-state index contributed by atoms with van der Waals surface area (Å²) < 4.78 is 67.5. The number of benzene rings is 2. The predicted octanol–water partition coefficient (Wildman–Crippen LogP) is 7.59. The average Bonchev–Trinajstić information content (AvgIpc) is 3.04. The van der Waals surface area contributed by atoms with Crippen molar-refractivity contribution in [1.82, 2.24) is 5.32 Å². The van der Waals surface area contributed by atoms with Crippen molar-refractivity contribution in [2.24, 2.45) is 5.92 Å². The van der Waals surface area contributed by atoms with Crippen LogP contribution in [-0.2, 0) is 23.9 Å². The number of alkyl halides is 4. The molecule has 3 aliphatic rings. The number of nitrogens with one attached hydrogen (secondary N) is 1. The Morgan fingerprint density at radius 2 is 1.59 bits per heavy atom. The Labute approximate surface area is 204 Å². The van der Waals surface area contributed by atoms with Gasteiger partial charge in [0.1, 0.15) is 5.82 Å². The molecule has 1 N–H and O–H groups in total. The first-order valence-electron chi connectivity index (χ1n) is 11.9. The third-order valence-corrected chi connectivity index (χ3v) is 7.97. The van der Waals surface area contributed by atoms with Crippen LogP contribution in [0.2, 0.25) is 0 Å². The summed E-state index contributed by atoms with van der Waals surface area (Å²) in [5, 5.41) is 3.56. The lowest BCUT2D eigenvalue weighted by atomic mass is 9.60. The molecular formula is C27H33ClF5N. The van der Waals surface area contributed by atoms with Crippen molar-refractivity contribution in [2.75, 3.05) is 6.54 Å². The first-order chi connectivity index (χ1) is 15.6. The molecule has 0 spiro atoms. The Morgan fingerprint density at radius 1 is 0.971 bits per heavy atom. The van der Waals surface area contributed by atoms with Crippen molar-refractivity contribution < 1.29 is 22.0 Å². The molecule has 0 amide bonds. The molecule has 2 fully saturated rings. The van der Waals surface area contributed by atoms with Gasteiger partial charge in [-0.25, -0.2) is 8.78 Å². The fourth-order valence-corrected chi connectivity index (χ4v) is 5.43. The van der Waals surface area contributed by atoms with E-state index in [2.05, 4.69) is 12.2 Å². The molecule has 188 valence electrons. The van der Waals surface area contributed by atoms with Crippen LogP contribution in [0, 0.1) is 11.7 Å². The largest absolute Gasteiger partial charge is 0.426 e. The highest BCUT2D eigenvalue weighted by Crippen LogP contribution is 2.50. The summed E-state index contributed by atoms with van der Waals surface area (Å²) in [5.74, 6) is -0.0645. The lowest BCUT2D eigenvalue weighted by molar-refractivity contribution is -0.228. The third kappa shape index (κ3) is 4.86. The molecule has 1 aliphatic heterocycles. The van der Waals surface area contributed by atoms with Crippen LogP contribution in [0.25, 0.3) is 0 Å². The van der Waals surface area contributed by atoms with E-state index in [-0.39, 0.29) is 41.2 Å². The molecule has 7 heteroatoms. The second kappa shape index (κ2) is 10.1. The highest BCUT2D eigenvalue weighted by Gasteiger charge is 2.55. The highest BCUT2D eigenvalue weighted by atomic mass is 35.5. The number of hydrogen-bond donors (Lipinski definition) is 1. The van der Waals surface area contributed by atoms with Gasteiger partial charge in [0.25, 0.3) is 0 Å². The van der Waals surface area contributed by atoms with Gasteiger partial charge >= 0.3 is 6.18 Å². The minimum Gasteiger partial charge on any atom is -0.313 e. The maximum atomic E-state index is 14.6. The number of fused-ring (bicyclic) bond motifs is 3. The van der Waals surface area contributed by atoms with Crippen LogP contribution < -0.4 is 5.32 Å². The Morgan fingerprint density at radius 3 is 2.15 bits per heavy atom. The zero-order valence-electron chi connectivity index (χ0n) is 19.7. The van der Waals surface area contributed by atoms with E-state index in [4.69, 9.17) is 0 Å². The molecule has 4 atom stereocenters. The molecule has 2 aliphatic carbocycles. The maximum Gasteiger partial charge on any atom is 0.426 e. The second-order valence-electron chi connectivity index (χ2n) is 10.0. The van der Waals surface area contributed by atoms with Crippen LogP contribution in [-0.4, -0.2) is 18.8 Å². The minimum atomic E-state index is -4.97. The monoisotopic (exact) mass is 501 g/mol. The van der Waals surface area contributed by atoms with Crippen molar-refractivity contribution in [2.45, 2.75) is 82.1 Å². The van der Waals surface area contributed by atoms with Gasteiger partial charge in [-0.05, 0) is 73.0 Å². The fourth-order valence-electron chi connectivity index (χ4n) is 5.43. The third-order valence-electron chi connectivity index (χ3n) is 7.97. The minimum absolute atomic E-state index is 0. The quantitative estimate of drug-likeness (QED) is 0.427. The van der Waals surface area contributed by atoms with E-state index in [1.807, 2.05) is 0 Å². The van der Waals surface area contributed by atoms with Crippen LogP contribution in [0.3, 0.4) is 0 Å². The summed E-state index contributed by atoms with van der Waals surface area (Å²) in [6.45, 7) is 3.51. The summed E-state index contributed by atoms with van der Waals surface area (Å²) in [5.41, 5.74) is -1.30. The zero-order chi connectivity index (χ0) is 23.9. The average molecular weight is 502 g/mol. The van der Waals surface area contributed by atoms with E-state index in [0.717, 1.165) is 29.7 Å². The van der Waals surface area contributed by atoms with Crippen molar-refractivity contribution in [3.63, 3.8) is 0 Å². The highest BCUT2D eigenvalue weighted by molar-refractivity contribution is 5.85. The normalized spacial score (nSPS) is 27.1. The van der Waals surface area contributed by atoms with Gasteiger partial charge in [-0.3, -0.25) is 0 Å². The summed E-state index contributed by atoms with van der Waals surface area (Å²) in [6.07, 6.45) is 3.07. The molecule has 1 nitrogen and oxygen atoms in total. The van der Waals surface area contributed by atoms with E-state index in [0.29, 0.717) is 19.8 Å². The van der Waals surface area contributed by atoms with E-state index in [9.17, 15) is 22.0 Å². The molecule has 0 aromatic heterocycles. The summed E-state index contributed by atoms with van der Waals surface area (Å²) in [4.78, 5) is 0. The second-order valence-corrected chi connectivity index (χ2v) is 10.0. The first-order valence-corrected chi connectivity index (χ1v) is 11.9. The number of halogens is 6. The Balaban J connectivity index is 0.000000588. The summed E-state index contributed by atoms with van der Waals surface area (Å²) >= 11 is 0. The van der Waals surface area contributed by atoms with Gasteiger partial charge in [0.05, 0.1) is 0 Å². The van der Waals surface area contributed by atoms with Crippen molar-refractivity contribution >= 4 is 12.4 Å². The lowest BCUT2D eigenvalue weighted by Crippen LogP contribution is -2.48. The molecule has 0 radical (unpaired) electrons. The van der Waals surface area contributed by atoms with Gasteiger partial charge in [0, 0.05) is 11.5 Å². The molecule has 5 rings (SSSR count). The molecular weight excluding hydrogens is 469 g/mol. The van der Waals surface area contributed by atoms with Gasteiger partial charge in [0.15, 0.2) is 0 Å². The van der Waals surface area contributed by atoms with E-state index in [1.54, 1.807) is 18.2 Å². The standard InChI is InChI=1S/C23H24F5N.C4H8.ClH/c1-14-13-29-20-10-5-16-11-17(21(2,25)23(26,27)28)6-9-19(16)22(14,20)12-15-3-7-18(24)8-4-15;1-2-4-3-1;/h3-4,6-9,11,14,20,29H,5,10,12-13H2,1-2H3;1-4H2;1H/t14-,20?,21?,22?;;/m0../s1.